The van der Waals surface area contributed by atoms with Crippen LogP contribution in [0.25, 0.3) is 0 Å². The molecule has 1 atom stereocenters. The molecule has 1 saturated heterocycles. The van der Waals surface area contributed by atoms with E-state index in [2.05, 4.69) is 20.8 Å². The summed E-state index contributed by atoms with van der Waals surface area (Å²) in [6.45, 7) is 3.07. The number of aromatic nitrogens is 2. The van der Waals surface area contributed by atoms with Crippen molar-refractivity contribution in [2.24, 2.45) is 0 Å². The Morgan fingerprint density at radius 1 is 1.44 bits per heavy atom. The summed E-state index contributed by atoms with van der Waals surface area (Å²) in [5.74, 6) is 1.02. The second-order valence-corrected chi connectivity index (χ2v) is 5.70. The van der Waals surface area contributed by atoms with Gasteiger partial charge in [0.2, 0.25) is 11.8 Å². The molecule has 0 bridgehead atoms. The first kappa shape index (κ1) is 16.9. The number of ether oxygens (including phenoxy) is 1. The Morgan fingerprint density at radius 3 is 3.08 bits per heavy atom. The number of piperidine rings is 1. The van der Waals surface area contributed by atoms with Gasteiger partial charge in [0.25, 0.3) is 5.91 Å². The summed E-state index contributed by atoms with van der Waals surface area (Å²) in [6, 6.07) is 7.03. The average molecular weight is 344 g/mol. The minimum atomic E-state index is -0.277. The van der Waals surface area contributed by atoms with Crippen LogP contribution in [0.4, 0.5) is 0 Å². The van der Waals surface area contributed by atoms with E-state index in [9.17, 15) is 9.59 Å². The van der Waals surface area contributed by atoms with Crippen molar-refractivity contribution in [1.29, 1.82) is 0 Å². The first-order chi connectivity index (χ1) is 12.2. The second kappa shape index (κ2) is 7.78. The van der Waals surface area contributed by atoms with E-state index in [1.54, 1.807) is 18.2 Å². The Labute approximate surface area is 144 Å². The third-order valence-electron chi connectivity index (χ3n) is 3.93. The molecule has 2 aromatic rings. The van der Waals surface area contributed by atoms with E-state index in [4.69, 9.17) is 9.26 Å². The van der Waals surface area contributed by atoms with Gasteiger partial charge in [-0.25, -0.2) is 0 Å². The molecule has 132 valence electrons. The lowest BCUT2D eigenvalue weighted by Gasteiger charge is -2.18. The van der Waals surface area contributed by atoms with Crippen LogP contribution in [-0.4, -0.2) is 35.1 Å². The number of carbonyl (C=O) groups excluding carboxylic acids is 2. The Bertz CT molecular complexity index is 759. The summed E-state index contributed by atoms with van der Waals surface area (Å²) in [5, 5.41) is 9.44. The van der Waals surface area contributed by atoms with Crippen LogP contribution in [-0.2, 0) is 11.3 Å². The molecule has 0 radical (unpaired) electrons. The Hall–Kier alpha value is -2.90. The van der Waals surface area contributed by atoms with Gasteiger partial charge in [-0.3, -0.25) is 9.59 Å². The van der Waals surface area contributed by atoms with E-state index in [1.807, 2.05) is 13.0 Å². The maximum absolute atomic E-state index is 12.3. The first-order valence-corrected chi connectivity index (χ1v) is 8.26. The minimum Gasteiger partial charge on any atom is -0.493 e. The van der Waals surface area contributed by atoms with E-state index >= 15 is 0 Å². The van der Waals surface area contributed by atoms with Gasteiger partial charge in [-0.05, 0) is 25.5 Å². The van der Waals surface area contributed by atoms with Crippen LogP contribution < -0.4 is 15.4 Å². The molecule has 0 aliphatic carbocycles. The second-order valence-electron chi connectivity index (χ2n) is 5.70. The quantitative estimate of drug-likeness (QED) is 0.820. The minimum absolute atomic E-state index is 0.0107. The van der Waals surface area contributed by atoms with Crippen LogP contribution in [0.1, 0.15) is 47.8 Å². The van der Waals surface area contributed by atoms with Crippen molar-refractivity contribution in [1.82, 2.24) is 20.8 Å². The predicted octanol–water partition coefficient (Wildman–Crippen LogP) is 1.39. The monoisotopic (exact) mass is 344 g/mol. The predicted molar refractivity (Wildman–Crippen MR) is 88.1 cm³/mol. The number of hydrogen-bond donors (Lipinski definition) is 2. The van der Waals surface area contributed by atoms with E-state index in [0.717, 1.165) is 6.42 Å². The Morgan fingerprint density at radius 2 is 2.28 bits per heavy atom. The largest absolute Gasteiger partial charge is 0.493 e. The van der Waals surface area contributed by atoms with Gasteiger partial charge in [-0.15, -0.1) is 0 Å². The van der Waals surface area contributed by atoms with Crippen molar-refractivity contribution in [3.05, 3.63) is 41.5 Å². The summed E-state index contributed by atoms with van der Waals surface area (Å²) in [6.07, 6.45) is 1.13. The number of carbonyl (C=O) groups is 2. The number of nitrogens with one attached hydrogen (secondary N) is 2. The van der Waals surface area contributed by atoms with E-state index in [1.165, 1.54) is 0 Å². The molecule has 8 heteroatoms. The van der Waals surface area contributed by atoms with Gasteiger partial charge in [0.05, 0.1) is 18.7 Å². The number of benzene rings is 1. The topological polar surface area (TPSA) is 106 Å². The van der Waals surface area contributed by atoms with Crippen molar-refractivity contribution < 1.29 is 18.8 Å². The summed E-state index contributed by atoms with van der Waals surface area (Å²) >= 11 is 0. The van der Waals surface area contributed by atoms with Crippen molar-refractivity contribution in [3.63, 3.8) is 0 Å². The van der Waals surface area contributed by atoms with Gasteiger partial charge in [-0.2, -0.15) is 4.98 Å². The zero-order valence-corrected chi connectivity index (χ0v) is 13.9. The van der Waals surface area contributed by atoms with Gasteiger partial charge >= 0.3 is 0 Å². The molecule has 1 aromatic carbocycles. The summed E-state index contributed by atoms with van der Waals surface area (Å²) in [4.78, 5) is 28.1. The van der Waals surface area contributed by atoms with Crippen molar-refractivity contribution in [2.75, 3.05) is 13.2 Å². The molecule has 2 heterocycles. The average Bonchev–Trinajstić information content (AvgIpc) is 3.09. The smallest absolute Gasteiger partial charge is 0.255 e. The van der Waals surface area contributed by atoms with Gasteiger partial charge in [-0.1, -0.05) is 17.3 Å². The fourth-order valence-corrected chi connectivity index (χ4v) is 2.70. The molecule has 2 amide bonds. The van der Waals surface area contributed by atoms with Crippen molar-refractivity contribution in [3.8, 4) is 5.75 Å². The summed E-state index contributed by atoms with van der Waals surface area (Å²) in [7, 11) is 0. The third kappa shape index (κ3) is 4.14. The highest BCUT2D eigenvalue weighted by molar-refractivity contribution is 5.96. The third-order valence-corrected chi connectivity index (χ3v) is 3.93. The molecule has 3 rings (SSSR count). The zero-order valence-electron chi connectivity index (χ0n) is 13.9. The van der Waals surface area contributed by atoms with Crippen LogP contribution in [0.3, 0.4) is 0 Å². The molecule has 25 heavy (non-hydrogen) atoms. The maximum Gasteiger partial charge on any atom is 0.255 e. The lowest BCUT2D eigenvalue weighted by atomic mass is 9.97. The Balaban J connectivity index is 1.60. The molecule has 1 aromatic heterocycles. The molecule has 2 N–H and O–H groups in total. The van der Waals surface area contributed by atoms with Crippen LogP contribution in [0.5, 0.6) is 5.75 Å². The molecule has 1 aliphatic heterocycles. The number of hydrogen-bond acceptors (Lipinski definition) is 6. The van der Waals surface area contributed by atoms with E-state index in [0.29, 0.717) is 42.6 Å². The number of para-hydroxylation sites is 1. The molecule has 0 spiro atoms. The molecule has 8 nitrogen and oxygen atoms in total. The molecular formula is C17H20N4O4. The number of amides is 2. The number of rotatable bonds is 6. The van der Waals surface area contributed by atoms with Crippen LogP contribution >= 0.6 is 0 Å². The highest BCUT2D eigenvalue weighted by Gasteiger charge is 2.25. The van der Waals surface area contributed by atoms with Gasteiger partial charge < -0.3 is 19.9 Å². The lowest BCUT2D eigenvalue weighted by molar-refractivity contribution is -0.122. The zero-order chi connectivity index (χ0) is 17.6. The highest BCUT2D eigenvalue weighted by atomic mass is 16.5. The van der Waals surface area contributed by atoms with Gasteiger partial charge in [0.1, 0.15) is 5.75 Å². The standard InChI is InChI=1S/C17H20N4O4/c1-2-24-13-6-4-3-5-12(13)17(23)19-10-15-20-16(21-25-15)11-7-8-18-14(22)9-11/h3-6,11H,2,7-10H2,1H3,(H,18,22)(H,19,23). The van der Waals surface area contributed by atoms with E-state index < -0.39 is 0 Å². The normalized spacial score (nSPS) is 17.0. The van der Waals surface area contributed by atoms with Crippen molar-refractivity contribution >= 4 is 11.8 Å². The van der Waals surface area contributed by atoms with E-state index in [-0.39, 0.29) is 24.3 Å². The van der Waals surface area contributed by atoms with Crippen LogP contribution in [0, 0.1) is 0 Å². The fraction of sp³-hybridized carbons (Fsp3) is 0.412. The molecule has 1 fully saturated rings. The lowest BCUT2D eigenvalue weighted by Crippen LogP contribution is -2.32. The SMILES string of the molecule is CCOc1ccccc1C(=O)NCc1nc(C2CCNC(=O)C2)no1. The molecule has 1 aliphatic rings. The highest BCUT2D eigenvalue weighted by Crippen LogP contribution is 2.23. The van der Waals surface area contributed by atoms with Gasteiger partial charge in [0.15, 0.2) is 5.82 Å². The van der Waals surface area contributed by atoms with Gasteiger partial charge in [0, 0.05) is 18.9 Å². The summed E-state index contributed by atoms with van der Waals surface area (Å²) < 4.78 is 10.6. The molecular weight excluding hydrogens is 324 g/mol. The summed E-state index contributed by atoms with van der Waals surface area (Å²) in [5.41, 5.74) is 0.452. The maximum atomic E-state index is 12.3. The molecule has 0 saturated carbocycles. The first-order valence-electron chi connectivity index (χ1n) is 8.26. The fourth-order valence-electron chi connectivity index (χ4n) is 2.70. The Kier molecular flexibility index (Phi) is 5.27. The van der Waals surface area contributed by atoms with Crippen LogP contribution in [0.2, 0.25) is 0 Å². The number of nitrogens with zero attached hydrogens (tertiary/aromatic N) is 2. The molecule has 1 unspecified atom stereocenters. The van der Waals surface area contributed by atoms with Crippen LogP contribution in [0.15, 0.2) is 28.8 Å². The van der Waals surface area contributed by atoms with Crippen molar-refractivity contribution in [2.45, 2.75) is 32.2 Å².